The number of hydrogen-bond acceptors (Lipinski definition) is 15. The summed E-state index contributed by atoms with van der Waals surface area (Å²) in [6.45, 7) is 0. The van der Waals surface area contributed by atoms with Crippen molar-refractivity contribution in [1.82, 2.24) is 15.0 Å². The summed E-state index contributed by atoms with van der Waals surface area (Å²) in [7, 11) is 0. The molecule has 0 radical (unpaired) electrons. The van der Waals surface area contributed by atoms with E-state index in [-0.39, 0.29) is 35.6 Å². The minimum Gasteiger partial charge on any atom is -0.324 e. The van der Waals surface area contributed by atoms with Crippen molar-refractivity contribution >= 4 is 145 Å². The smallest absolute Gasteiger partial charge is 0.256 e. The Bertz CT molecular complexity index is 2430. The van der Waals surface area contributed by atoms with Crippen molar-refractivity contribution in [2.75, 3.05) is 31.9 Å². The van der Waals surface area contributed by atoms with Gasteiger partial charge in [-0.2, -0.15) is 15.0 Å². The average molecular weight is 904 g/mol. The fourth-order valence-corrected chi connectivity index (χ4v) is 6.95. The molecule has 6 aromatic carbocycles. The molecule has 0 bridgehead atoms. The van der Waals surface area contributed by atoms with E-state index in [1.54, 1.807) is 127 Å². The van der Waals surface area contributed by atoms with Crippen LogP contribution in [0.25, 0.3) is 0 Å². The van der Waals surface area contributed by atoms with Crippen LogP contribution in [0.2, 0.25) is 0 Å². The molecule has 60 heavy (non-hydrogen) atoms. The highest BCUT2D eigenvalue weighted by Crippen LogP contribution is 2.28. The second-order valence-corrected chi connectivity index (χ2v) is 15.6. The maximum absolute atomic E-state index is 12.9. The molecule has 1 aromatic heterocycles. The molecule has 0 aliphatic rings. The Labute approximate surface area is 377 Å². The Balaban J connectivity index is 1.08. The SMILES string of the molecule is O=C(Nc1ccc(Nc2nc(Nc3ccc(NC(=O)c4cccc(S)c4S)cc3)nc(Nc3ccc(NC(=O)c4cccc(S)c4S)cc3)n2)cc1)c1cccc(S)c1S. The van der Waals surface area contributed by atoms with E-state index in [0.717, 1.165) is 0 Å². The molecule has 7 rings (SSSR count). The number of benzene rings is 6. The summed E-state index contributed by atoms with van der Waals surface area (Å²) < 4.78 is 0. The van der Waals surface area contributed by atoms with Gasteiger partial charge in [0, 0.05) is 63.5 Å². The summed E-state index contributed by atoms with van der Waals surface area (Å²) >= 11 is 26.3. The molecule has 12 nitrogen and oxygen atoms in total. The number of aromatic nitrogens is 3. The third-order valence-electron chi connectivity index (χ3n) is 8.61. The van der Waals surface area contributed by atoms with Gasteiger partial charge in [-0.05, 0) is 109 Å². The van der Waals surface area contributed by atoms with Crippen molar-refractivity contribution in [3.8, 4) is 0 Å². The summed E-state index contributed by atoms with van der Waals surface area (Å²) in [6.07, 6.45) is 0. The van der Waals surface area contributed by atoms with Crippen molar-refractivity contribution in [2.45, 2.75) is 29.4 Å². The molecule has 7 aromatic rings. The lowest BCUT2D eigenvalue weighted by Gasteiger charge is -2.13. The monoisotopic (exact) mass is 903 g/mol. The molecule has 0 spiro atoms. The molecule has 3 amide bonds. The van der Waals surface area contributed by atoms with Gasteiger partial charge in [0.25, 0.3) is 17.7 Å². The Morgan fingerprint density at radius 1 is 0.333 bits per heavy atom. The largest absolute Gasteiger partial charge is 0.324 e. The zero-order chi connectivity index (χ0) is 42.3. The van der Waals surface area contributed by atoms with Gasteiger partial charge in [0.2, 0.25) is 17.8 Å². The first-order chi connectivity index (χ1) is 28.9. The number of rotatable bonds is 12. The first-order valence-corrected chi connectivity index (χ1v) is 20.4. The number of nitrogens with one attached hydrogen (secondary N) is 6. The molecular formula is C42H33N9O3S6. The first kappa shape index (κ1) is 42.4. The van der Waals surface area contributed by atoms with E-state index in [1.807, 2.05) is 0 Å². The van der Waals surface area contributed by atoms with Crippen molar-refractivity contribution in [1.29, 1.82) is 0 Å². The van der Waals surface area contributed by atoms with Crippen molar-refractivity contribution in [2.24, 2.45) is 0 Å². The van der Waals surface area contributed by atoms with E-state index in [1.165, 1.54) is 0 Å². The molecule has 18 heteroatoms. The van der Waals surface area contributed by atoms with Crippen LogP contribution in [0.3, 0.4) is 0 Å². The average Bonchev–Trinajstić information content (AvgIpc) is 3.23. The van der Waals surface area contributed by atoms with E-state index < -0.39 is 0 Å². The Morgan fingerprint density at radius 3 is 0.817 bits per heavy atom. The van der Waals surface area contributed by atoms with Gasteiger partial charge in [0.05, 0.1) is 16.7 Å². The number of thiol groups is 6. The summed E-state index contributed by atoms with van der Waals surface area (Å²) in [5.74, 6) is -0.363. The van der Waals surface area contributed by atoms with Crippen LogP contribution in [0.4, 0.5) is 52.0 Å². The van der Waals surface area contributed by atoms with Gasteiger partial charge in [0.1, 0.15) is 0 Å². The maximum atomic E-state index is 12.9. The van der Waals surface area contributed by atoms with E-state index in [2.05, 4.69) is 123 Å². The Hall–Kier alpha value is -5.76. The third-order valence-corrected chi connectivity index (χ3v) is 11.7. The van der Waals surface area contributed by atoms with E-state index in [0.29, 0.717) is 80.2 Å². The van der Waals surface area contributed by atoms with Gasteiger partial charge in [-0.1, -0.05) is 18.2 Å². The van der Waals surface area contributed by atoms with Gasteiger partial charge in [0.15, 0.2) is 0 Å². The molecule has 0 fully saturated rings. The number of amides is 3. The van der Waals surface area contributed by atoms with Crippen molar-refractivity contribution in [3.05, 3.63) is 144 Å². The second-order valence-electron chi connectivity index (χ2n) is 12.8. The highest BCUT2D eigenvalue weighted by Gasteiger charge is 2.15. The van der Waals surface area contributed by atoms with Crippen LogP contribution < -0.4 is 31.9 Å². The van der Waals surface area contributed by atoms with Crippen LogP contribution >= 0.6 is 75.8 Å². The van der Waals surface area contributed by atoms with Gasteiger partial charge in [-0.3, -0.25) is 14.4 Å². The quantitative estimate of drug-likeness (QED) is 0.0536. The highest BCUT2D eigenvalue weighted by atomic mass is 32.1. The Kier molecular flexibility index (Phi) is 13.5. The first-order valence-electron chi connectivity index (χ1n) is 17.7. The van der Waals surface area contributed by atoms with E-state index >= 15 is 0 Å². The molecule has 6 N–H and O–H groups in total. The fraction of sp³-hybridized carbons (Fsp3) is 0. The lowest BCUT2D eigenvalue weighted by molar-refractivity contribution is 0.101. The normalized spacial score (nSPS) is 10.7. The number of carbonyl (C=O) groups is 3. The Morgan fingerprint density at radius 2 is 0.567 bits per heavy atom. The molecule has 1 heterocycles. The highest BCUT2D eigenvalue weighted by molar-refractivity contribution is 7.84. The van der Waals surface area contributed by atoms with Crippen molar-refractivity contribution in [3.63, 3.8) is 0 Å². The minimum atomic E-state index is -0.323. The number of hydrogen-bond donors (Lipinski definition) is 12. The molecule has 0 unspecified atom stereocenters. The topological polar surface area (TPSA) is 162 Å². The second kappa shape index (κ2) is 19.1. The van der Waals surface area contributed by atoms with Gasteiger partial charge < -0.3 is 31.9 Å². The van der Waals surface area contributed by atoms with Gasteiger partial charge in [-0.25, -0.2) is 0 Å². The van der Waals surface area contributed by atoms with Crippen LogP contribution in [0, 0.1) is 0 Å². The van der Waals surface area contributed by atoms with Crippen LogP contribution in [0.5, 0.6) is 0 Å². The molecular weight excluding hydrogens is 871 g/mol. The summed E-state index contributed by atoms with van der Waals surface area (Å²) in [5.41, 5.74) is 4.76. The van der Waals surface area contributed by atoms with Crippen LogP contribution in [0.15, 0.2) is 157 Å². The van der Waals surface area contributed by atoms with Crippen LogP contribution in [-0.4, -0.2) is 32.7 Å². The molecule has 0 saturated heterocycles. The predicted molar refractivity (Wildman–Crippen MR) is 256 cm³/mol. The number of anilines is 9. The predicted octanol–water partition coefficient (Wildman–Crippen LogP) is 10.6. The zero-order valence-corrected chi connectivity index (χ0v) is 36.2. The molecule has 0 aliphatic carbocycles. The molecule has 0 saturated carbocycles. The summed E-state index contributed by atoms with van der Waals surface area (Å²) in [5, 5.41) is 18.2. The van der Waals surface area contributed by atoms with Crippen LogP contribution in [-0.2, 0) is 0 Å². The lowest BCUT2D eigenvalue weighted by atomic mass is 10.2. The van der Waals surface area contributed by atoms with Gasteiger partial charge >= 0.3 is 0 Å². The fourth-order valence-electron chi connectivity index (χ4n) is 5.58. The van der Waals surface area contributed by atoms with E-state index in [9.17, 15) is 14.4 Å². The lowest BCUT2D eigenvalue weighted by Crippen LogP contribution is -2.13. The number of nitrogens with zero attached hydrogens (tertiary/aromatic N) is 3. The van der Waals surface area contributed by atoms with Gasteiger partial charge in [-0.15, -0.1) is 75.8 Å². The third kappa shape index (κ3) is 10.5. The summed E-state index contributed by atoms with van der Waals surface area (Å²) in [4.78, 5) is 55.8. The standard InChI is InChI=1S/C42H33N9O3S6/c52-37(28-4-1-7-31(55)34(28)58)43-22-10-16-25(17-11-22)46-40-49-41(47-26-18-12-23(13-19-26)44-38(53)29-5-2-8-32(56)35(29)59)51-42(50-40)48-27-20-14-24(15-21-27)45-39(54)30-6-3-9-33(57)36(30)60/h1-21,55-60H,(H,43,52)(H,44,53)(H,45,54)(H3,46,47,48,49,50,51). The number of carbonyl (C=O) groups excluding carboxylic acids is 3. The van der Waals surface area contributed by atoms with Crippen LogP contribution in [0.1, 0.15) is 31.1 Å². The molecule has 0 atom stereocenters. The molecule has 0 aliphatic heterocycles. The minimum absolute atomic E-state index is 0.202. The molecule has 300 valence electrons. The maximum Gasteiger partial charge on any atom is 0.256 e. The summed E-state index contributed by atoms with van der Waals surface area (Å²) in [6, 6.07) is 36.5. The van der Waals surface area contributed by atoms with E-state index in [4.69, 9.17) is 0 Å². The zero-order valence-electron chi connectivity index (χ0n) is 30.9. The van der Waals surface area contributed by atoms with Crippen molar-refractivity contribution < 1.29 is 14.4 Å².